The molecule has 12 heteroatoms. The molecule has 1 N–H and O–H groups in total. The highest BCUT2D eigenvalue weighted by Crippen LogP contribution is 2.41. The van der Waals surface area contributed by atoms with Crippen molar-refractivity contribution in [2.45, 2.75) is 25.4 Å². The predicted molar refractivity (Wildman–Crippen MR) is 125 cm³/mol. The fourth-order valence-electron chi connectivity index (χ4n) is 4.48. The van der Waals surface area contributed by atoms with Gasteiger partial charge in [0.2, 0.25) is 11.8 Å². The van der Waals surface area contributed by atoms with E-state index >= 15 is 8.78 Å². The fourth-order valence-corrected chi connectivity index (χ4v) is 4.48. The minimum atomic E-state index is -3.65. The normalized spacial score (nSPS) is 15.0. The molecule has 0 aliphatic carbocycles. The van der Waals surface area contributed by atoms with E-state index in [9.17, 15) is 4.39 Å². The zero-order valence-corrected chi connectivity index (χ0v) is 19.3. The van der Waals surface area contributed by atoms with Crippen LogP contribution in [0.1, 0.15) is 24.4 Å². The molecular weight excluding hydrogens is 471 g/mol. The number of aromatic nitrogens is 8. The van der Waals surface area contributed by atoms with Crippen molar-refractivity contribution < 1.29 is 13.2 Å². The average Bonchev–Trinajstić information content (AvgIpc) is 3.58. The van der Waals surface area contributed by atoms with Crippen LogP contribution in [-0.4, -0.2) is 39.1 Å². The number of alkyl halides is 2. The molecule has 0 unspecified atom stereocenters. The highest BCUT2D eigenvalue weighted by Gasteiger charge is 2.44. The summed E-state index contributed by atoms with van der Waals surface area (Å²) in [6.45, 7) is 2.21. The number of aryl methyl sites for hydroxylation is 1. The zero-order chi connectivity index (χ0) is 25.0. The van der Waals surface area contributed by atoms with E-state index in [2.05, 4.69) is 30.6 Å². The maximum absolute atomic E-state index is 15.4. The molecular formula is C24H20F3N9. The Kier molecular flexibility index (Phi) is 4.92. The lowest BCUT2D eigenvalue weighted by Gasteiger charge is -2.27. The van der Waals surface area contributed by atoms with E-state index in [1.807, 2.05) is 16.8 Å². The lowest BCUT2D eigenvalue weighted by molar-refractivity contribution is 0.0231. The zero-order valence-electron chi connectivity index (χ0n) is 19.3. The van der Waals surface area contributed by atoms with Gasteiger partial charge in [-0.3, -0.25) is 9.25 Å². The summed E-state index contributed by atoms with van der Waals surface area (Å²) in [7, 11) is 1.80. The lowest BCUT2D eigenvalue weighted by Crippen LogP contribution is -2.28. The van der Waals surface area contributed by atoms with E-state index in [1.165, 1.54) is 16.7 Å². The standard InChI is InChI=1S/C24H20F3N9/c1-14-12-35-13-15(18-7-9-28-23(30-18)31-20-8-10-29-34(20)2)11-19(35)21-32-33-22(36(14)21)24(26,27)16-5-3-4-6-17(16)25/h3-11,13-14H,12H2,1-2H3,(H,28,30,31)/t14-/m0/s1. The maximum Gasteiger partial charge on any atom is 0.334 e. The summed E-state index contributed by atoms with van der Waals surface area (Å²) in [5, 5.41) is 15.1. The molecule has 0 saturated carbocycles. The van der Waals surface area contributed by atoms with Gasteiger partial charge < -0.3 is 9.88 Å². The molecule has 9 nitrogen and oxygen atoms in total. The van der Waals surface area contributed by atoms with Crippen molar-refractivity contribution in [3.63, 3.8) is 0 Å². The van der Waals surface area contributed by atoms with Crippen LogP contribution in [0.3, 0.4) is 0 Å². The van der Waals surface area contributed by atoms with Gasteiger partial charge in [0.1, 0.15) is 11.6 Å². The van der Waals surface area contributed by atoms with Gasteiger partial charge in [-0.1, -0.05) is 12.1 Å². The highest BCUT2D eigenvalue weighted by atomic mass is 19.3. The monoisotopic (exact) mass is 491 g/mol. The van der Waals surface area contributed by atoms with E-state index in [4.69, 9.17) is 0 Å². The number of fused-ring (bicyclic) bond motifs is 3. The summed E-state index contributed by atoms with van der Waals surface area (Å²) in [5.41, 5.74) is 1.30. The molecule has 5 aromatic rings. The Balaban J connectivity index is 1.38. The quantitative estimate of drug-likeness (QED) is 0.388. The first kappa shape index (κ1) is 22.0. The first-order valence-electron chi connectivity index (χ1n) is 11.2. The van der Waals surface area contributed by atoms with E-state index in [-0.39, 0.29) is 11.9 Å². The Labute approximate surface area is 203 Å². The first-order valence-corrected chi connectivity index (χ1v) is 11.2. The minimum absolute atomic E-state index is 0.285. The van der Waals surface area contributed by atoms with Gasteiger partial charge in [0, 0.05) is 37.6 Å². The SMILES string of the molecule is C[C@H]1Cn2cc(-c3ccnc(Nc4ccnn4C)n3)cc2-c2nnc(C(F)(F)c3ccccc3F)n21. The van der Waals surface area contributed by atoms with Crippen molar-refractivity contribution in [3.8, 4) is 22.8 Å². The van der Waals surface area contributed by atoms with Gasteiger partial charge in [-0.2, -0.15) is 13.9 Å². The van der Waals surface area contributed by atoms with Gasteiger partial charge in [-0.15, -0.1) is 10.2 Å². The smallest absolute Gasteiger partial charge is 0.334 e. The molecule has 1 aliphatic heterocycles. The van der Waals surface area contributed by atoms with E-state index < -0.39 is 23.1 Å². The Morgan fingerprint density at radius 3 is 2.69 bits per heavy atom. The molecule has 0 amide bonds. The molecule has 182 valence electrons. The van der Waals surface area contributed by atoms with Crippen LogP contribution in [-0.2, 0) is 19.5 Å². The molecule has 1 aromatic carbocycles. The lowest BCUT2D eigenvalue weighted by atomic mass is 10.1. The molecule has 0 fully saturated rings. The molecule has 0 spiro atoms. The Morgan fingerprint density at radius 1 is 1.08 bits per heavy atom. The van der Waals surface area contributed by atoms with Crippen LogP contribution in [0.2, 0.25) is 0 Å². The minimum Gasteiger partial charge on any atom is -0.342 e. The number of halogens is 3. The number of anilines is 2. The molecule has 5 heterocycles. The van der Waals surface area contributed by atoms with Gasteiger partial charge in [0.05, 0.1) is 29.2 Å². The Hall–Kier alpha value is -4.48. The molecule has 0 radical (unpaired) electrons. The number of nitrogens with one attached hydrogen (secondary N) is 1. The highest BCUT2D eigenvalue weighted by molar-refractivity contribution is 5.68. The molecule has 0 bridgehead atoms. The van der Waals surface area contributed by atoms with Gasteiger partial charge in [0.25, 0.3) is 0 Å². The van der Waals surface area contributed by atoms with Crippen molar-refractivity contribution >= 4 is 11.8 Å². The second-order valence-electron chi connectivity index (χ2n) is 8.62. The third kappa shape index (κ3) is 3.44. The van der Waals surface area contributed by atoms with Gasteiger partial charge in [-0.05, 0) is 31.2 Å². The van der Waals surface area contributed by atoms with Crippen LogP contribution in [0, 0.1) is 5.82 Å². The fraction of sp³-hybridized carbons (Fsp3) is 0.208. The first-order chi connectivity index (χ1) is 17.3. The molecule has 1 aliphatic rings. The molecule has 6 rings (SSSR count). The second kappa shape index (κ2) is 8.04. The Morgan fingerprint density at radius 2 is 1.92 bits per heavy atom. The summed E-state index contributed by atoms with van der Waals surface area (Å²) in [6, 6.07) is 9.83. The van der Waals surface area contributed by atoms with Gasteiger partial charge in [0.15, 0.2) is 5.82 Å². The van der Waals surface area contributed by atoms with Crippen LogP contribution in [0.15, 0.2) is 61.1 Å². The predicted octanol–water partition coefficient (Wildman–Crippen LogP) is 4.53. The van der Waals surface area contributed by atoms with E-state index in [0.29, 0.717) is 23.9 Å². The maximum atomic E-state index is 15.4. The van der Waals surface area contributed by atoms with Crippen molar-refractivity contribution in [3.05, 3.63) is 78.3 Å². The van der Waals surface area contributed by atoms with Crippen molar-refractivity contribution in [1.29, 1.82) is 0 Å². The second-order valence-corrected chi connectivity index (χ2v) is 8.62. The van der Waals surface area contributed by atoms with Crippen molar-refractivity contribution in [2.75, 3.05) is 5.32 Å². The molecule has 1 atom stereocenters. The van der Waals surface area contributed by atoms with Gasteiger partial charge >= 0.3 is 5.92 Å². The Bertz CT molecular complexity index is 1580. The largest absolute Gasteiger partial charge is 0.342 e. The van der Waals surface area contributed by atoms with Crippen LogP contribution in [0.4, 0.5) is 24.9 Å². The topological polar surface area (TPSA) is 91.3 Å². The molecule has 4 aromatic heterocycles. The number of nitrogens with zero attached hydrogens (tertiary/aromatic N) is 8. The number of benzene rings is 1. The van der Waals surface area contributed by atoms with Crippen LogP contribution < -0.4 is 5.32 Å². The van der Waals surface area contributed by atoms with Gasteiger partial charge in [-0.25, -0.2) is 14.4 Å². The molecule has 0 saturated heterocycles. The van der Waals surface area contributed by atoms with Crippen molar-refractivity contribution in [2.24, 2.45) is 7.05 Å². The summed E-state index contributed by atoms with van der Waals surface area (Å²) < 4.78 is 50.1. The average molecular weight is 491 g/mol. The van der Waals surface area contributed by atoms with Crippen LogP contribution in [0.5, 0.6) is 0 Å². The summed E-state index contributed by atoms with van der Waals surface area (Å²) >= 11 is 0. The van der Waals surface area contributed by atoms with Crippen LogP contribution in [0.25, 0.3) is 22.8 Å². The van der Waals surface area contributed by atoms with Crippen molar-refractivity contribution in [1.82, 2.24) is 39.1 Å². The number of rotatable bonds is 5. The summed E-state index contributed by atoms with van der Waals surface area (Å²) in [4.78, 5) is 8.86. The molecule has 36 heavy (non-hydrogen) atoms. The van der Waals surface area contributed by atoms with Crippen LogP contribution >= 0.6 is 0 Å². The number of hydrogen-bond donors (Lipinski definition) is 1. The third-order valence-corrected chi connectivity index (χ3v) is 6.23. The van der Waals surface area contributed by atoms with E-state index in [0.717, 1.165) is 23.5 Å². The third-order valence-electron chi connectivity index (χ3n) is 6.23. The summed E-state index contributed by atoms with van der Waals surface area (Å²) in [6.07, 6.45) is 5.19. The number of hydrogen-bond acceptors (Lipinski definition) is 6. The summed E-state index contributed by atoms with van der Waals surface area (Å²) in [5.74, 6) is -3.82. The van der Waals surface area contributed by atoms with E-state index in [1.54, 1.807) is 43.2 Å².